The summed E-state index contributed by atoms with van der Waals surface area (Å²) in [7, 11) is 0. The summed E-state index contributed by atoms with van der Waals surface area (Å²) in [6, 6.07) is 7.98. The Labute approximate surface area is 111 Å². The smallest absolute Gasteiger partial charge is 0.0959 e. The van der Waals surface area contributed by atoms with E-state index in [1.54, 1.807) is 0 Å². The van der Waals surface area contributed by atoms with Crippen molar-refractivity contribution < 1.29 is 9.47 Å². The van der Waals surface area contributed by atoms with E-state index in [4.69, 9.17) is 15.2 Å². The lowest BCUT2D eigenvalue weighted by molar-refractivity contribution is 0.00738. The predicted molar refractivity (Wildman–Crippen MR) is 73.0 cm³/mol. The highest BCUT2D eigenvalue weighted by Gasteiger charge is 2.12. The van der Waals surface area contributed by atoms with Crippen LogP contribution in [-0.2, 0) is 9.47 Å². The fourth-order valence-electron chi connectivity index (χ4n) is 1.52. The van der Waals surface area contributed by atoms with Gasteiger partial charge in [0.25, 0.3) is 0 Å². The van der Waals surface area contributed by atoms with Crippen LogP contribution in [0.5, 0.6) is 0 Å². The summed E-state index contributed by atoms with van der Waals surface area (Å²) in [5, 5.41) is 0. The maximum atomic E-state index is 5.73. The molecule has 0 fully saturated rings. The number of rotatable bonds is 8. The molecule has 0 aliphatic rings. The zero-order chi connectivity index (χ0) is 12.5. The molecule has 3 nitrogen and oxygen atoms in total. The highest BCUT2D eigenvalue weighted by atomic mass is 79.9. The van der Waals surface area contributed by atoms with Crippen molar-refractivity contribution in [3.63, 3.8) is 0 Å². The minimum Gasteiger partial charge on any atom is -0.379 e. The average Bonchev–Trinajstić information content (AvgIpc) is 2.35. The van der Waals surface area contributed by atoms with Gasteiger partial charge in [-0.2, -0.15) is 0 Å². The van der Waals surface area contributed by atoms with Crippen LogP contribution in [-0.4, -0.2) is 26.4 Å². The van der Waals surface area contributed by atoms with Crippen molar-refractivity contribution in [2.24, 2.45) is 5.73 Å². The maximum absolute atomic E-state index is 5.73. The third-order valence-corrected chi connectivity index (χ3v) is 3.08. The summed E-state index contributed by atoms with van der Waals surface area (Å²) in [5.41, 5.74) is 6.82. The molecule has 1 aromatic rings. The van der Waals surface area contributed by atoms with Crippen LogP contribution in [0.3, 0.4) is 0 Å². The number of ether oxygens (including phenoxy) is 2. The van der Waals surface area contributed by atoms with Crippen molar-refractivity contribution in [2.75, 3.05) is 26.4 Å². The molecule has 1 aromatic carbocycles. The van der Waals surface area contributed by atoms with Crippen molar-refractivity contribution >= 4 is 15.9 Å². The first-order chi connectivity index (χ1) is 8.29. The molecule has 17 heavy (non-hydrogen) atoms. The standard InChI is InChI=1S/C13H20BrNO2/c1-2-7-16-8-9-17-13(10-15)11-5-3-4-6-12(11)14/h3-6,13H,2,7-10,15H2,1H3. The Morgan fingerprint density at radius 2 is 2.00 bits per heavy atom. The highest BCUT2D eigenvalue weighted by Crippen LogP contribution is 2.24. The molecule has 0 saturated heterocycles. The lowest BCUT2D eigenvalue weighted by Crippen LogP contribution is -2.18. The normalized spacial score (nSPS) is 12.6. The van der Waals surface area contributed by atoms with Gasteiger partial charge in [0.2, 0.25) is 0 Å². The third kappa shape index (κ3) is 5.17. The van der Waals surface area contributed by atoms with E-state index in [1.165, 1.54) is 0 Å². The second kappa shape index (κ2) is 8.64. The summed E-state index contributed by atoms with van der Waals surface area (Å²) in [5.74, 6) is 0. The van der Waals surface area contributed by atoms with Crippen LogP contribution in [0.1, 0.15) is 25.0 Å². The van der Waals surface area contributed by atoms with E-state index in [1.807, 2.05) is 24.3 Å². The first-order valence-corrected chi connectivity index (χ1v) is 6.72. The molecule has 0 spiro atoms. The van der Waals surface area contributed by atoms with E-state index in [9.17, 15) is 0 Å². The van der Waals surface area contributed by atoms with Crippen LogP contribution in [0.25, 0.3) is 0 Å². The molecule has 1 rings (SSSR count). The molecule has 0 amide bonds. The first kappa shape index (κ1) is 14.6. The van der Waals surface area contributed by atoms with Crippen LogP contribution >= 0.6 is 15.9 Å². The minimum atomic E-state index is -0.0733. The van der Waals surface area contributed by atoms with Crippen molar-refractivity contribution in [1.82, 2.24) is 0 Å². The van der Waals surface area contributed by atoms with Gasteiger partial charge < -0.3 is 15.2 Å². The summed E-state index contributed by atoms with van der Waals surface area (Å²) in [6.07, 6.45) is 0.959. The van der Waals surface area contributed by atoms with Crippen LogP contribution < -0.4 is 5.73 Å². The van der Waals surface area contributed by atoms with Crippen molar-refractivity contribution in [2.45, 2.75) is 19.4 Å². The van der Waals surface area contributed by atoms with Crippen LogP contribution in [0, 0.1) is 0 Å². The molecular formula is C13H20BrNO2. The molecule has 0 bridgehead atoms. The van der Waals surface area contributed by atoms with Gasteiger partial charge in [-0.1, -0.05) is 41.1 Å². The molecule has 0 heterocycles. The number of hydrogen-bond donors (Lipinski definition) is 1. The van der Waals surface area contributed by atoms with Gasteiger partial charge in [0, 0.05) is 17.6 Å². The van der Waals surface area contributed by atoms with E-state index in [-0.39, 0.29) is 6.10 Å². The molecule has 0 saturated carbocycles. The Bertz CT molecular complexity index is 320. The van der Waals surface area contributed by atoms with Crippen molar-refractivity contribution in [3.05, 3.63) is 34.3 Å². The number of halogens is 1. The molecule has 4 heteroatoms. The molecule has 0 radical (unpaired) electrons. The van der Waals surface area contributed by atoms with Crippen LogP contribution in [0.4, 0.5) is 0 Å². The average molecular weight is 302 g/mol. The second-order valence-electron chi connectivity index (χ2n) is 3.73. The largest absolute Gasteiger partial charge is 0.379 e. The predicted octanol–water partition coefficient (Wildman–Crippen LogP) is 2.89. The lowest BCUT2D eigenvalue weighted by Gasteiger charge is -2.17. The van der Waals surface area contributed by atoms with Crippen molar-refractivity contribution in [3.8, 4) is 0 Å². The minimum absolute atomic E-state index is 0.0733. The van der Waals surface area contributed by atoms with E-state index >= 15 is 0 Å². The zero-order valence-corrected chi connectivity index (χ0v) is 11.8. The lowest BCUT2D eigenvalue weighted by atomic mass is 10.1. The molecule has 1 atom stereocenters. The monoisotopic (exact) mass is 301 g/mol. The molecule has 0 aliphatic carbocycles. The van der Waals surface area contributed by atoms with Gasteiger partial charge in [-0.25, -0.2) is 0 Å². The first-order valence-electron chi connectivity index (χ1n) is 5.93. The van der Waals surface area contributed by atoms with E-state index in [2.05, 4.69) is 22.9 Å². The van der Waals surface area contributed by atoms with Gasteiger partial charge >= 0.3 is 0 Å². The summed E-state index contributed by atoms with van der Waals surface area (Å²) < 4.78 is 12.1. The highest BCUT2D eigenvalue weighted by molar-refractivity contribution is 9.10. The van der Waals surface area contributed by atoms with E-state index in [0.29, 0.717) is 19.8 Å². The SMILES string of the molecule is CCCOCCOC(CN)c1ccccc1Br. The van der Waals surface area contributed by atoms with Gasteiger partial charge in [0.1, 0.15) is 0 Å². The Morgan fingerprint density at radius 1 is 1.24 bits per heavy atom. The molecule has 96 valence electrons. The van der Waals surface area contributed by atoms with E-state index in [0.717, 1.165) is 23.1 Å². The van der Waals surface area contributed by atoms with Gasteiger partial charge in [0.15, 0.2) is 0 Å². The molecule has 2 N–H and O–H groups in total. The Morgan fingerprint density at radius 3 is 2.65 bits per heavy atom. The Kier molecular flexibility index (Phi) is 7.44. The van der Waals surface area contributed by atoms with Crippen LogP contribution in [0.15, 0.2) is 28.7 Å². The molecule has 0 aliphatic heterocycles. The Balaban J connectivity index is 2.41. The zero-order valence-electron chi connectivity index (χ0n) is 10.2. The van der Waals surface area contributed by atoms with Gasteiger partial charge in [-0.3, -0.25) is 0 Å². The number of benzene rings is 1. The second-order valence-corrected chi connectivity index (χ2v) is 4.58. The van der Waals surface area contributed by atoms with Gasteiger partial charge in [-0.05, 0) is 18.1 Å². The van der Waals surface area contributed by atoms with Crippen LogP contribution in [0.2, 0.25) is 0 Å². The van der Waals surface area contributed by atoms with E-state index < -0.39 is 0 Å². The summed E-state index contributed by atoms with van der Waals surface area (Å²) in [6.45, 7) is 4.53. The topological polar surface area (TPSA) is 44.5 Å². The summed E-state index contributed by atoms with van der Waals surface area (Å²) in [4.78, 5) is 0. The summed E-state index contributed by atoms with van der Waals surface area (Å²) >= 11 is 3.50. The molecular weight excluding hydrogens is 282 g/mol. The molecule has 1 unspecified atom stereocenters. The third-order valence-electron chi connectivity index (χ3n) is 2.36. The quantitative estimate of drug-likeness (QED) is 0.751. The maximum Gasteiger partial charge on any atom is 0.0959 e. The van der Waals surface area contributed by atoms with Gasteiger partial charge in [-0.15, -0.1) is 0 Å². The fraction of sp³-hybridized carbons (Fsp3) is 0.538. The molecule has 0 aromatic heterocycles. The van der Waals surface area contributed by atoms with Gasteiger partial charge in [0.05, 0.1) is 19.3 Å². The number of hydrogen-bond acceptors (Lipinski definition) is 3. The Hall–Kier alpha value is -0.420. The fourth-order valence-corrected chi connectivity index (χ4v) is 2.06. The number of nitrogens with two attached hydrogens (primary N) is 1. The van der Waals surface area contributed by atoms with Crippen molar-refractivity contribution in [1.29, 1.82) is 0 Å².